The number of rotatable bonds is 6. The second-order valence-corrected chi connectivity index (χ2v) is 6.67. The molecule has 2 aromatic rings. The zero-order chi connectivity index (χ0) is 15.2. The highest BCUT2D eigenvalue weighted by molar-refractivity contribution is 7.10. The molecule has 118 valence electrons. The Morgan fingerprint density at radius 2 is 2.27 bits per heavy atom. The molecule has 0 aromatic carbocycles. The molecule has 0 amide bonds. The van der Waals surface area contributed by atoms with Gasteiger partial charge in [-0.25, -0.2) is 0 Å². The first kappa shape index (κ1) is 15.6. The number of nitrogens with one attached hydrogen (secondary N) is 1. The average molecular weight is 317 g/mol. The summed E-state index contributed by atoms with van der Waals surface area (Å²) in [6.07, 6.45) is 4.01. The summed E-state index contributed by atoms with van der Waals surface area (Å²) in [5.74, 6) is 0. The van der Waals surface area contributed by atoms with E-state index in [1.807, 2.05) is 23.7 Å². The Bertz CT molecular complexity index is 546. The van der Waals surface area contributed by atoms with E-state index in [4.69, 9.17) is 4.74 Å². The van der Waals surface area contributed by atoms with Gasteiger partial charge in [0.25, 0.3) is 0 Å². The Morgan fingerprint density at radius 1 is 1.41 bits per heavy atom. The zero-order valence-corrected chi connectivity index (χ0v) is 13.8. The van der Waals surface area contributed by atoms with Crippen LogP contribution in [0.15, 0.2) is 42.0 Å². The highest BCUT2D eigenvalue weighted by atomic mass is 32.1. The van der Waals surface area contributed by atoms with Gasteiger partial charge in [0, 0.05) is 43.4 Å². The molecule has 1 saturated heterocycles. The van der Waals surface area contributed by atoms with Gasteiger partial charge in [0.2, 0.25) is 0 Å². The quantitative estimate of drug-likeness (QED) is 0.889. The van der Waals surface area contributed by atoms with Crippen LogP contribution in [0.25, 0.3) is 0 Å². The van der Waals surface area contributed by atoms with Crippen LogP contribution in [-0.2, 0) is 11.3 Å². The van der Waals surface area contributed by atoms with Gasteiger partial charge in [-0.3, -0.25) is 9.88 Å². The predicted octanol–water partition coefficient (Wildman–Crippen LogP) is 2.69. The summed E-state index contributed by atoms with van der Waals surface area (Å²) < 4.78 is 5.68. The SMILES string of the molecule is C[C@@H]1CN([C@@H](CNCc2ccncc2)c2cccs2)CCO1. The smallest absolute Gasteiger partial charge is 0.0674 e. The number of pyridine rings is 1. The summed E-state index contributed by atoms with van der Waals surface area (Å²) in [6.45, 7) is 6.82. The predicted molar refractivity (Wildman–Crippen MR) is 90.0 cm³/mol. The monoisotopic (exact) mass is 317 g/mol. The van der Waals surface area contributed by atoms with Crippen LogP contribution < -0.4 is 5.32 Å². The lowest BCUT2D eigenvalue weighted by molar-refractivity contribution is -0.0339. The molecule has 3 heterocycles. The minimum Gasteiger partial charge on any atom is -0.376 e. The Balaban J connectivity index is 1.61. The van der Waals surface area contributed by atoms with Crippen LogP contribution in [-0.4, -0.2) is 42.2 Å². The molecule has 1 aliphatic rings. The largest absolute Gasteiger partial charge is 0.376 e. The second-order valence-electron chi connectivity index (χ2n) is 5.69. The molecule has 0 spiro atoms. The number of nitrogens with zero attached hydrogens (tertiary/aromatic N) is 2. The topological polar surface area (TPSA) is 37.4 Å². The number of hydrogen-bond acceptors (Lipinski definition) is 5. The maximum absolute atomic E-state index is 5.68. The van der Waals surface area contributed by atoms with Crippen LogP contribution in [0.3, 0.4) is 0 Å². The van der Waals surface area contributed by atoms with E-state index in [9.17, 15) is 0 Å². The summed E-state index contributed by atoms with van der Waals surface area (Å²) in [4.78, 5) is 8.03. The van der Waals surface area contributed by atoms with Gasteiger partial charge in [-0.2, -0.15) is 0 Å². The lowest BCUT2D eigenvalue weighted by atomic mass is 10.1. The molecular weight excluding hydrogens is 294 g/mol. The molecule has 22 heavy (non-hydrogen) atoms. The first-order valence-electron chi connectivity index (χ1n) is 7.81. The molecule has 2 atom stereocenters. The maximum atomic E-state index is 5.68. The minimum atomic E-state index is 0.316. The van der Waals surface area contributed by atoms with Crippen LogP contribution in [0.4, 0.5) is 0 Å². The van der Waals surface area contributed by atoms with Crippen LogP contribution >= 0.6 is 11.3 Å². The molecular formula is C17H23N3OS. The van der Waals surface area contributed by atoms with Gasteiger partial charge < -0.3 is 10.1 Å². The lowest BCUT2D eigenvalue weighted by Gasteiger charge is -2.37. The van der Waals surface area contributed by atoms with Crippen molar-refractivity contribution in [3.05, 3.63) is 52.5 Å². The maximum Gasteiger partial charge on any atom is 0.0674 e. The Labute approximate surface area is 136 Å². The summed E-state index contributed by atoms with van der Waals surface area (Å²) in [6, 6.07) is 8.92. The van der Waals surface area contributed by atoms with Crippen molar-refractivity contribution in [3.8, 4) is 0 Å². The number of hydrogen-bond donors (Lipinski definition) is 1. The molecule has 1 fully saturated rings. The van der Waals surface area contributed by atoms with Crippen molar-refractivity contribution < 1.29 is 4.74 Å². The minimum absolute atomic E-state index is 0.316. The van der Waals surface area contributed by atoms with Gasteiger partial charge in [-0.15, -0.1) is 11.3 Å². The van der Waals surface area contributed by atoms with E-state index in [2.05, 4.69) is 51.8 Å². The van der Waals surface area contributed by atoms with Crippen molar-refractivity contribution in [3.63, 3.8) is 0 Å². The Morgan fingerprint density at radius 3 is 3.00 bits per heavy atom. The van der Waals surface area contributed by atoms with E-state index in [1.165, 1.54) is 10.4 Å². The van der Waals surface area contributed by atoms with Crippen LogP contribution in [0.1, 0.15) is 23.4 Å². The van der Waals surface area contributed by atoms with Crippen LogP contribution in [0, 0.1) is 0 Å². The Kier molecular flexibility index (Phi) is 5.56. The standard InChI is InChI=1S/C17H23N3OS/c1-14-13-20(8-9-21-14)16(17-3-2-10-22-17)12-19-11-15-4-6-18-7-5-15/h2-7,10,14,16,19H,8-9,11-13H2,1H3/t14-,16+/m1/s1. The van der Waals surface area contributed by atoms with Gasteiger partial charge in [0.05, 0.1) is 18.8 Å². The molecule has 3 rings (SSSR count). The molecule has 5 heteroatoms. The fraction of sp³-hybridized carbons (Fsp3) is 0.471. The summed E-state index contributed by atoms with van der Waals surface area (Å²) in [7, 11) is 0. The highest BCUT2D eigenvalue weighted by Gasteiger charge is 2.25. The van der Waals surface area contributed by atoms with Crippen molar-refractivity contribution in [2.24, 2.45) is 0 Å². The Hall–Kier alpha value is -1.27. The van der Waals surface area contributed by atoms with E-state index in [0.29, 0.717) is 12.1 Å². The van der Waals surface area contributed by atoms with Gasteiger partial charge in [0.1, 0.15) is 0 Å². The fourth-order valence-corrected chi connectivity index (χ4v) is 3.73. The van der Waals surface area contributed by atoms with E-state index >= 15 is 0 Å². The van der Waals surface area contributed by atoms with E-state index < -0.39 is 0 Å². The number of morpholine rings is 1. The van der Waals surface area contributed by atoms with Crippen molar-refractivity contribution in [2.75, 3.05) is 26.2 Å². The molecule has 0 aliphatic carbocycles. The average Bonchev–Trinajstić information content (AvgIpc) is 3.07. The van der Waals surface area contributed by atoms with Crippen molar-refractivity contribution >= 4 is 11.3 Å². The molecule has 1 N–H and O–H groups in total. The molecule has 1 aliphatic heterocycles. The third-order valence-corrected chi connectivity index (χ3v) is 4.97. The number of ether oxygens (including phenoxy) is 1. The molecule has 0 radical (unpaired) electrons. The summed E-state index contributed by atoms with van der Waals surface area (Å²) in [5, 5.41) is 5.76. The number of thiophene rings is 1. The molecule has 0 unspecified atom stereocenters. The van der Waals surface area contributed by atoms with Crippen LogP contribution in [0.2, 0.25) is 0 Å². The first-order valence-corrected chi connectivity index (χ1v) is 8.69. The fourth-order valence-electron chi connectivity index (χ4n) is 2.87. The zero-order valence-electron chi connectivity index (χ0n) is 12.9. The van der Waals surface area contributed by atoms with Gasteiger partial charge >= 0.3 is 0 Å². The number of aromatic nitrogens is 1. The summed E-state index contributed by atoms with van der Waals surface area (Å²) in [5.41, 5.74) is 1.27. The van der Waals surface area contributed by atoms with E-state index in [-0.39, 0.29) is 0 Å². The third-order valence-electron chi connectivity index (χ3n) is 4.00. The normalized spacial score (nSPS) is 20.9. The van der Waals surface area contributed by atoms with Crippen LogP contribution in [0.5, 0.6) is 0 Å². The van der Waals surface area contributed by atoms with Crippen molar-refractivity contribution in [1.82, 2.24) is 15.2 Å². The molecule has 2 aromatic heterocycles. The van der Waals surface area contributed by atoms with E-state index in [1.54, 1.807) is 0 Å². The van der Waals surface area contributed by atoms with Gasteiger partial charge in [-0.05, 0) is 36.1 Å². The lowest BCUT2D eigenvalue weighted by Crippen LogP contribution is -2.45. The molecule has 4 nitrogen and oxygen atoms in total. The molecule has 0 bridgehead atoms. The van der Waals surface area contributed by atoms with Gasteiger partial charge in [-0.1, -0.05) is 6.07 Å². The van der Waals surface area contributed by atoms with E-state index in [0.717, 1.165) is 32.8 Å². The second kappa shape index (κ2) is 7.83. The van der Waals surface area contributed by atoms with Crippen molar-refractivity contribution in [2.45, 2.75) is 25.6 Å². The first-order chi connectivity index (χ1) is 10.8. The summed E-state index contributed by atoms with van der Waals surface area (Å²) >= 11 is 1.84. The van der Waals surface area contributed by atoms with Gasteiger partial charge in [0.15, 0.2) is 0 Å². The highest BCUT2D eigenvalue weighted by Crippen LogP contribution is 2.26. The molecule has 0 saturated carbocycles. The van der Waals surface area contributed by atoms with Crippen molar-refractivity contribution in [1.29, 1.82) is 0 Å². The third kappa shape index (κ3) is 4.14.